The molecule has 2 aliphatic rings. The van der Waals surface area contributed by atoms with Crippen molar-refractivity contribution in [2.45, 2.75) is 63.2 Å². The molecule has 2 saturated heterocycles. The van der Waals surface area contributed by atoms with Gasteiger partial charge in [-0.2, -0.15) is 4.31 Å². The summed E-state index contributed by atoms with van der Waals surface area (Å²) in [5.41, 5.74) is 6.51. The Morgan fingerprint density at radius 1 is 1.15 bits per heavy atom. The van der Waals surface area contributed by atoms with Gasteiger partial charge in [-0.15, -0.1) is 12.4 Å². The van der Waals surface area contributed by atoms with Gasteiger partial charge in [0.15, 0.2) is 0 Å². The maximum atomic E-state index is 12.9. The molecule has 0 saturated carbocycles. The minimum absolute atomic E-state index is 0. The van der Waals surface area contributed by atoms with E-state index >= 15 is 0 Å². The van der Waals surface area contributed by atoms with Crippen LogP contribution in [0.5, 0.6) is 0 Å². The van der Waals surface area contributed by atoms with Crippen molar-refractivity contribution in [1.82, 2.24) is 4.31 Å². The van der Waals surface area contributed by atoms with Gasteiger partial charge >= 0.3 is 7.12 Å². The van der Waals surface area contributed by atoms with E-state index in [1.165, 1.54) is 4.31 Å². The first-order valence-electron chi connectivity index (χ1n) is 8.65. The van der Waals surface area contributed by atoms with Crippen LogP contribution in [0.1, 0.15) is 39.7 Å². The normalized spacial score (nSPS) is 25.3. The summed E-state index contributed by atoms with van der Waals surface area (Å²) in [5.74, 6) is 0. The summed E-state index contributed by atoms with van der Waals surface area (Å²) in [4.78, 5) is 0.270. The molecule has 1 atom stereocenters. The highest BCUT2D eigenvalue weighted by Gasteiger charge is 2.52. The van der Waals surface area contributed by atoms with Crippen LogP contribution in [0.2, 0.25) is 0 Å². The highest BCUT2D eigenvalue weighted by Crippen LogP contribution is 2.36. The average molecular weight is 403 g/mol. The van der Waals surface area contributed by atoms with E-state index in [0.29, 0.717) is 19.5 Å². The first-order valence-corrected chi connectivity index (χ1v) is 10.1. The van der Waals surface area contributed by atoms with Crippen LogP contribution < -0.4 is 11.2 Å². The third kappa shape index (κ3) is 3.81. The number of nitrogens with two attached hydrogens (primary N) is 1. The SMILES string of the molecule is Cc1cc(B2OC(C)(C)C(C)(C)O2)cc(S(=O)(=O)N2CCC(N)C2)c1.Cl. The van der Waals surface area contributed by atoms with Crippen molar-refractivity contribution in [2.75, 3.05) is 13.1 Å². The molecule has 6 nitrogen and oxygen atoms in total. The Morgan fingerprint density at radius 2 is 1.73 bits per heavy atom. The fourth-order valence-electron chi connectivity index (χ4n) is 3.16. The first kappa shape index (κ1) is 21.7. The Balaban J connectivity index is 0.00000243. The summed E-state index contributed by atoms with van der Waals surface area (Å²) < 4.78 is 39.5. The molecule has 0 spiro atoms. The monoisotopic (exact) mass is 402 g/mol. The zero-order valence-corrected chi connectivity index (χ0v) is 17.6. The summed E-state index contributed by atoms with van der Waals surface area (Å²) in [6.07, 6.45) is 0.690. The van der Waals surface area contributed by atoms with Gasteiger partial charge in [0.2, 0.25) is 10.0 Å². The van der Waals surface area contributed by atoms with Gasteiger partial charge in [-0.25, -0.2) is 8.42 Å². The van der Waals surface area contributed by atoms with Crippen LogP contribution in [0.3, 0.4) is 0 Å². The molecule has 3 rings (SSSR count). The predicted molar refractivity (Wildman–Crippen MR) is 105 cm³/mol. The topological polar surface area (TPSA) is 81.9 Å². The van der Waals surface area contributed by atoms with Gasteiger partial charge in [-0.05, 0) is 58.6 Å². The second-order valence-corrected chi connectivity index (χ2v) is 10.0. The Morgan fingerprint density at radius 3 is 2.23 bits per heavy atom. The number of hydrogen-bond acceptors (Lipinski definition) is 5. The van der Waals surface area contributed by atoms with Crippen LogP contribution in [0.15, 0.2) is 23.1 Å². The molecule has 2 aliphatic heterocycles. The van der Waals surface area contributed by atoms with Gasteiger partial charge in [0, 0.05) is 19.1 Å². The Kier molecular flexibility index (Phi) is 5.89. The lowest BCUT2D eigenvalue weighted by molar-refractivity contribution is 0.00578. The molecule has 2 heterocycles. The molecule has 146 valence electrons. The summed E-state index contributed by atoms with van der Waals surface area (Å²) in [6, 6.07) is 5.17. The third-order valence-corrected chi connectivity index (χ3v) is 7.27. The van der Waals surface area contributed by atoms with Gasteiger partial charge in [0.05, 0.1) is 16.1 Å². The van der Waals surface area contributed by atoms with E-state index in [9.17, 15) is 8.42 Å². The molecule has 0 aromatic heterocycles. The summed E-state index contributed by atoms with van der Waals surface area (Å²) >= 11 is 0. The molecule has 0 amide bonds. The Labute approximate surface area is 163 Å². The zero-order valence-electron chi connectivity index (χ0n) is 16.0. The summed E-state index contributed by atoms with van der Waals surface area (Å²) in [5, 5.41) is 0. The van der Waals surface area contributed by atoms with E-state index < -0.39 is 28.3 Å². The molecule has 1 aromatic rings. The third-order valence-electron chi connectivity index (χ3n) is 5.42. The van der Waals surface area contributed by atoms with Gasteiger partial charge in [-0.1, -0.05) is 11.6 Å². The molecule has 1 unspecified atom stereocenters. The second kappa shape index (κ2) is 7.07. The van der Waals surface area contributed by atoms with E-state index in [0.717, 1.165) is 11.0 Å². The highest BCUT2D eigenvalue weighted by atomic mass is 35.5. The Bertz CT molecular complexity index is 769. The molecule has 9 heteroatoms. The molecular weight excluding hydrogens is 375 g/mol. The maximum Gasteiger partial charge on any atom is 0.494 e. The first-order chi connectivity index (χ1) is 11.4. The number of halogens is 1. The van der Waals surface area contributed by atoms with Gasteiger partial charge < -0.3 is 15.0 Å². The number of benzene rings is 1. The van der Waals surface area contributed by atoms with E-state index in [1.807, 2.05) is 40.7 Å². The van der Waals surface area contributed by atoms with E-state index in [-0.39, 0.29) is 23.3 Å². The second-order valence-electron chi connectivity index (χ2n) is 8.08. The highest BCUT2D eigenvalue weighted by molar-refractivity contribution is 7.89. The van der Waals surface area contributed by atoms with E-state index in [2.05, 4.69) is 0 Å². The molecule has 0 radical (unpaired) electrons. The van der Waals surface area contributed by atoms with Crippen molar-refractivity contribution in [3.63, 3.8) is 0 Å². The van der Waals surface area contributed by atoms with E-state index in [4.69, 9.17) is 15.0 Å². The number of aryl methyl sites for hydroxylation is 1. The number of nitrogens with zero attached hydrogens (tertiary/aromatic N) is 1. The van der Waals surface area contributed by atoms with Crippen LogP contribution in [-0.2, 0) is 19.3 Å². The Hall–Kier alpha value is -0.635. The van der Waals surface area contributed by atoms with Gasteiger partial charge in [0.25, 0.3) is 0 Å². The molecule has 2 fully saturated rings. The average Bonchev–Trinajstić information content (AvgIpc) is 3.00. The lowest BCUT2D eigenvalue weighted by Crippen LogP contribution is -2.41. The molecule has 0 aliphatic carbocycles. The fourth-order valence-corrected chi connectivity index (χ4v) is 4.81. The standard InChI is InChI=1S/C17H27BN2O4S.ClH/c1-12-8-13(18-23-16(2,3)17(4,5)24-18)10-15(9-12)25(21,22)20-7-6-14(19)11-20;/h8-10,14H,6-7,11,19H2,1-5H3;1H. The van der Waals surface area contributed by atoms with Gasteiger partial charge in [-0.3, -0.25) is 0 Å². The summed E-state index contributed by atoms with van der Waals surface area (Å²) in [7, 11) is -4.15. The van der Waals surface area contributed by atoms with Crippen LogP contribution in [-0.4, -0.2) is 50.2 Å². The number of hydrogen-bond donors (Lipinski definition) is 1. The quantitative estimate of drug-likeness (QED) is 0.774. The lowest BCUT2D eigenvalue weighted by Gasteiger charge is -2.32. The molecule has 26 heavy (non-hydrogen) atoms. The molecule has 2 N–H and O–H groups in total. The van der Waals surface area contributed by atoms with Crippen LogP contribution in [0.4, 0.5) is 0 Å². The number of rotatable bonds is 3. The van der Waals surface area contributed by atoms with E-state index in [1.54, 1.807) is 12.1 Å². The van der Waals surface area contributed by atoms with Crippen molar-refractivity contribution in [3.8, 4) is 0 Å². The molecular formula is C17H28BClN2O4S. The van der Waals surface area contributed by atoms with Crippen molar-refractivity contribution in [2.24, 2.45) is 5.73 Å². The van der Waals surface area contributed by atoms with Gasteiger partial charge in [0.1, 0.15) is 0 Å². The van der Waals surface area contributed by atoms with Crippen LogP contribution in [0.25, 0.3) is 0 Å². The van der Waals surface area contributed by atoms with Crippen molar-refractivity contribution in [3.05, 3.63) is 23.8 Å². The maximum absolute atomic E-state index is 12.9. The predicted octanol–water partition coefficient (Wildman–Crippen LogP) is 1.44. The smallest absolute Gasteiger partial charge is 0.399 e. The largest absolute Gasteiger partial charge is 0.494 e. The summed E-state index contributed by atoms with van der Waals surface area (Å²) in [6.45, 7) is 10.6. The molecule has 1 aromatic carbocycles. The number of sulfonamides is 1. The van der Waals surface area contributed by atoms with Crippen molar-refractivity contribution < 1.29 is 17.7 Å². The minimum atomic E-state index is -3.56. The minimum Gasteiger partial charge on any atom is -0.399 e. The van der Waals surface area contributed by atoms with Crippen LogP contribution >= 0.6 is 12.4 Å². The van der Waals surface area contributed by atoms with Crippen molar-refractivity contribution in [1.29, 1.82) is 0 Å². The van der Waals surface area contributed by atoms with Crippen molar-refractivity contribution >= 4 is 35.0 Å². The zero-order chi connectivity index (χ0) is 18.6. The van der Waals surface area contributed by atoms with Crippen LogP contribution in [0, 0.1) is 6.92 Å². The molecule has 0 bridgehead atoms. The lowest BCUT2D eigenvalue weighted by atomic mass is 9.78. The fraction of sp³-hybridized carbons (Fsp3) is 0.647.